The molecule has 2 rings (SSSR count). The molecule has 20 heavy (non-hydrogen) atoms. The fourth-order valence-electron chi connectivity index (χ4n) is 2.51. The van der Waals surface area contributed by atoms with E-state index in [1.54, 1.807) is 11.3 Å². The molecule has 0 saturated carbocycles. The van der Waals surface area contributed by atoms with E-state index in [2.05, 4.69) is 11.9 Å². The molecule has 4 heteroatoms. The van der Waals surface area contributed by atoms with Crippen molar-refractivity contribution in [2.75, 3.05) is 6.54 Å². The summed E-state index contributed by atoms with van der Waals surface area (Å²) in [4.78, 5) is 5.83. The summed E-state index contributed by atoms with van der Waals surface area (Å²) in [6.07, 6.45) is 0.143. The second kappa shape index (κ2) is 6.04. The molecule has 3 nitrogen and oxygen atoms in total. The van der Waals surface area contributed by atoms with Crippen LogP contribution in [-0.4, -0.2) is 22.7 Å². The molecule has 0 bridgehead atoms. The number of nitrogens with zero attached hydrogens (tertiary/aromatic N) is 1. The third kappa shape index (κ3) is 2.77. The van der Waals surface area contributed by atoms with Crippen molar-refractivity contribution >= 4 is 11.3 Å². The van der Waals surface area contributed by atoms with Gasteiger partial charge in [0.05, 0.1) is 16.8 Å². The Kier molecular flexibility index (Phi) is 4.58. The van der Waals surface area contributed by atoms with Crippen LogP contribution in [0.5, 0.6) is 0 Å². The van der Waals surface area contributed by atoms with Crippen molar-refractivity contribution in [3.63, 3.8) is 0 Å². The molecule has 0 aliphatic rings. The first-order valence-electron chi connectivity index (χ1n) is 6.86. The van der Waals surface area contributed by atoms with E-state index in [4.69, 9.17) is 5.73 Å². The highest BCUT2D eigenvalue weighted by Crippen LogP contribution is 2.33. The molecule has 2 aromatic rings. The van der Waals surface area contributed by atoms with Crippen LogP contribution in [0.2, 0.25) is 0 Å². The maximum absolute atomic E-state index is 10.4. The first-order chi connectivity index (χ1) is 9.49. The molecule has 0 aliphatic heterocycles. The predicted octanol–water partition coefficient (Wildman–Crippen LogP) is 2.58. The van der Waals surface area contributed by atoms with Gasteiger partial charge in [-0.15, -0.1) is 11.3 Å². The van der Waals surface area contributed by atoms with E-state index >= 15 is 0 Å². The number of benzene rings is 1. The lowest BCUT2D eigenvalue weighted by Gasteiger charge is -2.35. The average Bonchev–Trinajstić information content (AvgIpc) is 2.75. The fourth-order valence-corrected chi connectivity index (χ4v) is 3.57. The van der Waals surface area contributed by atoms with Crippen LogP contribution in [0.1, 0.15) is 28.1 Å². The van der Waals surface area contributed by atoms with Gasteiger partial charge in [-0.25, -0.2) is 4.98 Å². The standard InChI is InChI=1S/C16H22N2OS/c1-11-12(2)20-15(18-11)9-16(10-17,13(3)19)14-7-5-4-6-8-14/h4-8,13,19H,9-10,17H2,1-3H3. The van der Waals surface area contributed by atoms with Gasteiger partial charge in [0, 0.05) is 23.3 Å². The van der Waals surface area contributed by atoms with Crippen molar-refractivity contribution in [3.8, 4) is 0 Å². The zero-order chi connectivity index (χ0) is 14.8. The minimum atomic E-state index is -0.528. The van der Waals surface area contributed by atoms with Crippen molar-refractivity contribution < 1.29 is 5.11 Å². The predicted molar refractivity (Wildman–Crippen MR) is 84.1 cm³/mol. The van der Waals surface area contributed by atoms with E-state index in [1.807, 2.05) is 44.2 Å². The summed E-state index contributed by atoms with van der Waals surface area (Å²) in [5.41, 5.74) is 7.71. The number of aliphatic hydroxyl groups is 1. The summed E-state index contributed by atoms with van der Waals surface area (Å²) >= 11 is 1.69. The third-order valence-electron chi connectivity index (χ3n) is 4.05. The van der Waals surface area contributed by atoms with Gasteiger partial charge in [-0.1, -0.05) is 30.3 Å². The lowest BCUT2D eigenvalue weighted by molar-refractivity contribution is 0.100. The van der Waals surface area contributed by atoms with Crippen molar-refractivity contribution in [2.45, 2.75) is 38.7 Å². The number of thiazole rings is 1. The average molecular weight is 290 g/mol. The number of aliphatic hydroxyl groups excluding tert-OH is 1. The number of aromatic nitrogens is 1. The highest BCUT2D eigenvalue weighted by Gasteiger charge is 2.37. The first-order valence-corrected chi connectivity index (χ1v) is 7.68. The molecule has 1 aromatic carbocycles. The molecule has 0 spiro atoms. The Morgan fingerprint density at radius 1 is 1.30 bits per heavy atom. The molecule has 0 aliphatic carbocycles. The molecular formula is C16H22N2OS. The second-order valence-corrected chi connectivity index (χ2v) is 6.62. The SMILES string of the molecule is Cc1nc(CC(CN)(c2ccccc2)C(C)O)sc1C. The number of rotatable bonds is 5. The molecule has 1 aromatic heterocycles. The Balaban J connectivity index is 2.42. The molecule has 0 fully saturated rings. The molecule has 3 N–H and O–H groups in total. The number of aryl methyl sites for hydroxylation is 2. The van der Waals surface area contributed by atoms with E-state index in [-0.39, 0.29) is 0 Å². The van der Waals surface area contributed by atoms with Gasteiger partial charge in [0.25, 0.3) is 0 Å². The first kappa shape index (κ1) is 15.2. The molecule has 1 heterocycles. The van der Waals surface area contributed by atoms with Gasteiger partial charge in [-0.3, -0.25) is 0 Å². The van der Waals surface area contributed by atoms with Crippen molar-refractivity contribution in [3.05, 3.63) is 51.5 Å². The van der Waals surface area contributed by atoms with Gasteiger partial charge in [-0.2, -0.15) is 0 Å². The van der Waals surface area contributed by atoms with E-state index in [1.165, 1.54) is 4.88 Å². The summed E-state index contributed by atoms with van der Waals surface area (Å²) in [5, 5.41) is 11.4. The smallest absolute Gasteiger partial charge is 0.0941 e. The van der Waals surface area contributed by atoms with Crippen LogP contribution in [0.15, 0.2) is 30.3 Å². The number of hydrogen-bond acceptors (Lipinski definition) is 4. The lowest BCUT2D eigenvalue weighted by Crippen LogP contribution is -2.46. The van der Waals surface area contributed by atoms with Crippen LogP contribution in [0.25, 0.3) is 0 Å². The molecular weight excluding hydrogens is 268 g/mol. The number of nitrogens with two attached hydrogens (primary N) is 1. The molecule has 0 radical (unpaired) electrons. The summed E-state index contributed by atoms with van der Waals surface area (Å²) in [6, 6.07) is 10.0. The van der Waals surface area contributed by atoms with Crippen LogP contribution in [-0.2, 0) is 11.8 Å². The molecule has 0 amide bonds. The molecule has 108 valence electrons. The maximum atomic E-state index is 10.4. The quantitative estimate of drug-likeness (QED) is 0.890. The molecule has 2 atom stereocenters. The van der Waals surface area contributed by atoms with Crippen LogP contribution in [0, 0.1) is 13.8 Å². The fraction of sp³-hybridized carbons (Fsp3) is 0.438. The third-order valence-corrected chi connectivity index (χ3v) is 5.13. The summed E-state index contributed by atoms with van der Waals surface area (Å²) in [5.74, 6) is 0. The van der Waals surface area contributed by atoms with E-state index < -0.39 is 11.5 Å². The highest BCUT2D eigenvalue weighted by molar-refractivity contribution is 7.11. The second-order valence-electron chi connectivity index (χ2n) is 5.33. The topological polar surface area (TPSA) is 59.1 Å². The van der Waals surface area contributed by atoms with Gasteiger partial charge in [0.15, 0.2) is 0 Å². The molecule has 0 saturated heterocycles. The van der Waals surface area contributed by atoms with Gasteiger partial charge in [0.1, 0.15) is 0 Å². The number of hydrogen-bond donors (Lipinski definition) is 2. The highest BCUT2D eigenvalue weighted by atomic mass is 32.1. The van der Waals surface area contributed by atoms with Gasteiger partial charge < -0.3 is 10.8 Å². The summed E-state index contributed by atoms with van der Waals surface area (Å²) in [7, 11) is 0. The zero-order valence-corrected chi connectivity index (χ0v) is 13.1. The normalized spacial score (nSPS) is 15.8. The van der Waals surface area contributed by atoms with Gasteiger partial charge in [-0.05, 0) is 26.3 Å². The Bertz CT molecular complexity index is 546. The largest absolute Gasteiger partial charge is 0.392 e. The van der Waals surface area contributed by atoms with Crippen LogP contribution < -0.4 is 5.73 Å². The van der Waals surface area contributed by atoms with Crippen LogP contribution in [0.3, 0.4) is 0 Å². The summed E-state index contributed by atoms with van der Waals surface area (Å²) in [6.45, 7) is 6.30. The summed E-state index contributed by atoms with van der Waals surface area (Å²) < 4.78 is 0. The van der Waals surface area contributed by atoms with Crippen molar-refractivity contribution in [1.29, 1.82) is 0 Å². The van der Waals surface area contributed by atoms with Crippen LogP contribution >= 0.6 is 11.3 Å². The van der Waals surface area contributed by atoms with Crippen LogP contribution in [0.4, 0.5) is 0 Å². The minimum absolute atomic E-state index is 0.395. The maximum Gasteiger partial charge on any atom is 0.0941 e. The Morgan fingerprint density at radius 2 is 1.95 bits per heavy atom. The van der Waals surface area contributed by atoms with Crippen molar-refractivity contribution in [2.24, 2.45) is 5.73 Å². The Hall–Kier alpha value is -1.23. The van der Waals surface area contributed by atoms with Gasteiger partial charge >= 0.3 is 0 Å². The lowest BCUT2D eigenvalue weighted by atomic mass is 9.73. The minimum Gasteiger partial charge on any atom is -0.392 e. The Morgan fingerprint density at radius 3 is 2.40 bits per heavy atom. The zero-order valence-electron chi connectivity index (χ0n) is 12.3. The monoisotopic (exact) mass is 290 g/mol. The van der Waals surface area contributed by atoms with E-state index in [9.17, 15) is 5.11 Å². The van der Waals surface area contributed by atoms with E-state index in [0.717, 1.165) is 16.3 Å². The van der Waals surface area contributed by atoms with E-state index in [0.29, 0.717) is 13.0 Å². The van der Waals surface area contributed by atoms with Gasteiger partial charge in [0.2, 0.25) is 0 Å². The van der Waals surface area contributed by atoms with Crippen molar-refractivity contribution in [1.82, 2.24) is 4.98 Å². The Labute approximate surface area is 124 Å². The molecule has 2 unspecified atom stereocenters.